The maximum Gasteiger partial charge on any atom is 0.360 e. The van der Waals surface area contributed by atoms with Crippen molar-refractivity contribution < 1.29 is 14.3 Å². The van der Waals surface area contributed by atoms with Crippen LogP contribution in [0.1, 0.15) is 16.3 Å². The van der Waals surface area contributed by atoms with Crippen molar-refractivity contribution in [3.8, 4) is 0 Å². The molecule has 94 valence electrons. The molecule has 0 spiro atoms. The molecule has 0 radical (unpaired) electrons. The number of amides is 2. The number of nitrogen functional groups attached to an aromatic ring is 1. The van der Waals surface area contributed by atoms with Crippen LogP contribution in [0, 0.1) is 6.92 Å². The molecule has 8 heteroatoms. The molecule has 0 aliphatic carbocycles. The largest absolute Gasteiger partial charge is 0.464 e. The summed E-state index contributed by atoms with van der Waals surface area (Å²) in [6.45, 7) is 2.38. The SMILES string of the molecule is COC(=O)c1nc(C)n(CCNC(N)=O)c1N. The highest BCUT2D eigenvalue weighted by Gasteiger charge is 2.18. The molecular formula is C9H15N5O3. The summed E-state index contributed by atoms with van der Waals surface area (Å²) in [6, 6.07) is -0.616. The first kappa shape index (κ1) is 12.8. The van der Waals surface area contributed by atoms with Gasteiger partial charge in [0.2, 0.25) is 0 Å². The number of urea groups is 1. The first-order valence-electron chi connectivity index (χ1n) is 4.91. The van der Waals surface area contributed by atoms with Gasteiger partial charge in [0, 0.05) is 13.1 Å². The van der Waals surface area contributed by atoms with E-state index in [9.17, 15) is 9.59 Å². The first-order valence-corrected chi connectivity index (χ1v) is 4.91. The number of aryl methyl sites for hydroxylation is 1. The molecule has 2 amide bonds. The Kier molecular flexibility index (Phi) is 3.91. The van der Waals surface area contributed by atoms with Crippen molar-refractivity contribution in [2.45, 2.75) is 13.5 Å². The third-order valence-corrected chi connectivity index (χ3v) is 2.21. The number of primary amides is 1. The Balaban J connectivity index is 2.82. The number of carbonyl (C=O) groups excluding carboxylic acids is 2. The van der Waals surface area contributed by atoms with Crippen LogP contribution in [0.2, 0.25) is 0 Å². The van der Waals surface area contributed by atoms with Crippen molar-refractivity contribution in [2.75, 3.05) is 19.4 Å². The Hall–Kier alpha value is -2.25. The lowest BCUT2D eigenvalue weighted by Crippen LogP contribution is -2.32. The van der Waals surface area contributed by atoms with Crippen molar-refractivity contribution in [3.05, 3.63) is 11.5 Å². The average Bonchev–Trinajstić information content (AvgIpc) is 2.55. The third-order valence-electron chi connectivity index (χ3n) is 2.21. The second-order valence-corrected chi connectivity index (χ2v) is 3.33. The molecule has 0 aromatic carbocycles. The summed E-state index contributed by atoms with van der Waals surface area (Å²) in [5.41, 5.74) is 10.8. The molecule has 8 nitrogen and oxygen atoms in total. The minimum atomic E-state index is -0.616. The molecule has 0 saturated heterocycles. The van der Waals surface area contributed by atoms with Crippen molar-refractivity contribution in [2.24, 2.45) is 5.73 Å². The number of ether oxygens (including phenoxy) is 1. The van der Waals surface area contributed by atoms with E-state index in [4.69, 9.17) is 11.5 Å². The second-order valence-electron chi connectivity index (χ2n) is 3.33. The van der Waals surface area contributed by atoms with Gasteiger partial charge in [0.1, 0.15) is 11.6 Å². The predicted octanol–water partition coefficient (Wildman–Crippen LogP) is -0.771. The third kappa shape index (κ3) is 2.86. The van der Waals surface area contributed by atoms with Crippen LogP contribution in [0.15, 0.2) is 0 Å². The zero-order valence-corrected chi connectivity index (χ0v) is 9.69. The number of anilines is 1. The number of nitrogens with zero attached hydrogens (tertiary/aromatic N) is 2. The Labute approximate surface area is 97.9 Å². The molecule has 17 heavy (non-hydrogen) atoms. The van der Waals surface area contributed by atoms with E-state index < -0.39 is 12.0 Å². The number of imidazole rings is 1. The van der Waals surface area contributed by atoms with Gasteiger partial charge in [-0.1, -0.05) is 0 Å². The molecule has 0 aliphatic rings. The molecular weight excluding hydrogens is 226 g/mol. The smallest absolute Gasteiger partial charge is 0.360 e. The zero-order valence-electron chi connectivity index (χ0n) is 9.69. The lowest BCUT2D eigenvalue weighted by atomic mass is 10.4. The molecule has 1 heterocycles. The molecule has 1 rings (SSSR count). The van der Waals surface area contributed by atoms with Crippen LogP contribution in [-0.4, -0.2) is 35.2 Å². The number of nitrogens with one attached hydrogen (secondary N) is 1. The lowest BCUT2D eigenvalue weighted by Gasteiger charge is -2.07. The molecule has 1 aromatic heterocycles. The highest BCUT2D eigenvalue weighted by atomic mass is 16.5. The van der Waals surface area contributed by atoms with Gasteiger partial charge in [-0.2, -0.15) is 0 Å². The van der Waals surface area contributed by atoms with Crippen LogP contribution in [-0.2, 0) is 11.3 Å². The predicted molar refractivity (Wildman–Crippen MR) is 60.3 cm³/mol. The molecule has 0 atom stereocenters. The van der Waals surface area contributed by atoms with Crippen LogP contribution in [0.5, 0.6) is 0 Å². The Morgan fingerprint density at radius 3 is 2.71 bits per heavy atom. The van der Waals surface area contributed by atoms with Crippen molar-refractivity contribution in [3.63, 3.8) is 0 Å². The molecule has 0 saturated carbocycles. The van der Waals surface area contributed by atoms with Gasteiger partial charge in [0.25, 0.3) is 0 Å². The van der Waals surface area contributed by atoms with E-state index in [2.05, 4.69) is 15.0 Å². The lowest BCUT2D eigenvalue weighted by molar-refractivity contribution is 0.0595. The first-order chi connectivity index (χ1) is 7.97. The zero-order chi connectivity index (χ0) is 13.0. The molecule has 5 N–H and O–H groups in total. The molecule has 0 unspecified atom stereocenters. The summed E-state index contributed by atoms with van der Waals surface area (Å²) in [4.78, 5) is 25.8. The van der Waals surface area contributed by atoms with Crippen LogP contribution in [0.25, 0.3) is 0 Å². The maximum atomic E-state index is 11.3. The number of methoxy groups -OCH3 is 1. The molecule has 0 bridgehead atoms. The number of hydrogen-bond acceptors (Lipinski definition) is 5. The maximum absolute atomic E-state index is 11.3. The van der Waals surface area contributed by atoms with E-state index in [0.29, 0.717) is 18.9 Å². The van der Waals surface area contributed by atoms with Crippen LogP contribution >= 0.6 is 0 Å². The topological polar surface area (TPSA) is 125 Å². The standard InChI is InChI=1S/C9H15N5O3/c1-5-13-6(8(15)17-2)7(10)14(5)4-3-12-9(11)16/h3-4,10H2,1-2H3,(H3,11,12,16). The quantitative estimate of drug-likeness (QED) is 0.597. The number of nitrogens with two attached hydrogens (primary N) is 2. The summed E-state index contributed by atoms with van der Waals surface area (Å²) in [5.74, 6) is 0.182. The van der Waals surface area contributed by atoms with Gasteiger partial charge >= 0.3 is 12.0 Å². The van der Waals surface area contributed by atoms with E-state index in [1.807, 2.05) is 0 Å². The highest BCUT2D eigenvalue weighted by molar-refractivity contribution is 5.92. The number of carbonyl (C=O) groups is 2. The van der Waals surface area contributed by atoms with E-state index in [1.165, 1.54) is 7.11 Å². The van der Waals surface area contributed by atoms with Gasteiger partial charge in [0.15, 0.2) is 5.69 Å². The monoisotopic (exact) mass is 241 g/mol. The Bertz CT molecular complexity index is 440. The van der Waals surface area contributed by atoms with Crippen LogP contribution in [0.3, 0.4) is 0 Å². The van der Waals surface area contributed by atoms with Crippen LogP contribution < -0.4 is 16.8 Å². The summed E-state index contributed by atoms with van der Waals surface area (Å²) in [7, 11) is 1.25. The van der Waals surface area contributed by atoms with Gasteiger partial charge in [-0.15, -0.1) is 0 Å². The van der Waals surface area contributed by atoms with Gasteiger partial charge in [-0.3, -0.25) is 0 Å². The summed E-state index contributed by atoms with van der Waals surface area (Å²) in [5, 5.41) is 2.42. The van der Waals surface area contributed by atoms with E-state index >= 15 is 0 Å². The normalized spacial score (nSPS) is 10.0. The number of hydrogen-bond donors (Lipinski definition) is 3. The second kappa shape index (κ2) is 5.19. The summed E-state index contributed by atoms with van der Waals surface area (Å²) < 4.78 is 6.14. The van der Waals surface area contributed by atoms with E-state index in [1.54, 1.807) is 11.5 Å². The highest BCUT2D eigenvalue weighted by Crippen LogP contribution is 2.14. The van der Waals surface area contributed by atoms with Crippen molar-refractivity contribution in [1.29, 1.82) is 0 Å². The number of rotatable bonds is 4. The fraction of sp³-hybridized carbons (Fsp3) is 0.444. The fourth-order valence-electron chi connectivity index (χ4n) is 1.40. The van der Waals surface area contributed by atoms with Gasteiger partial charge in [0.05, 0.1) is 7.11 Å². The van der Waals surface area contributed by atoms with Crippen molar-refractivity contribution in [1.82, 2.24) is 14.9 Å². The number of esters is 1. The molecule has 0 fully saturated rings. The van der Waals surface area contributed by atoms with Gasteiger partial charge in [-0.05, 0) is 6.92 Å². The molecule has 0 aliphatic heterocycles. The van der Waals surface area contributed by atoms with E-state index in [-0.39, 0.29) is 11.5 Å². The Morgan fingerprint density at radius 2 is 2.18 bits per heavy atom. The summed E-state index contributed by atoms with van der Waals surface area (Å²) >= 11 is 0. The Morgan fingerprint density at radius 1 is 1.53 bits per heavy atom. The minimum absolute atomic E-state index is 0.0732. The number of aromatic nitrogens is 2. The fourth-order valence-corrected chi connectivity index (χ4v) is 1.40. The molecule has 1 aromatic rings. The average molecular weight is 241 g/mol. The van der Waals surface area contributed by atoms with Crippen LogP contribution in [0.4, 0.5) is 10.6 Å². The van der Waals surface area contributed by atoms with Crippen molar-refractivity contribution >= 4 is 17.8 Å². The van der Waals surface area contributed by atoms with Gasteiger partial charge < -0.3 is 26.1 Å². The van der Waals surface area contributed by atoms with E-state index in [0.717, 1.165) is 0 Å². The van der Waals surface area contributed by atoms with Gasteiger partial charge in [-0.25, -0.2) is 14.6 Å². The minimum Gasteiger partial charge on any atom is -0.464 e. The summed E-state index contributed by atoms with van der Waals surface area (Å²) in [6.07, 6.45) is 0.